The van der Waals surface area contributed by atoms with Crippen LogP contribution >= 0.6 is 0 Å². The van der Waals surface area contributed by atoms with Crippen molar-refractivity contribution in [1.82, 2.24) is 9.62 Å². The lowest BCUT2D eigenvalue weighted by atomic mass is 9.98. The van der Waals surface area contributed by atoms with Gasteiger partial charge in [-0.3, -0.25) is 9.59 Å². The molecule has 2 N–H and O–H groups in total. The molecule has 35 heavy (non-hydrogen) atoms. The Morgan fingerprint density at radius 3 is 2.63 bits per heavy atom. The molecule has 0 bridgehead atoms. The number of nitrogens with zero attached hydrogens (tertiary/aromatic N) is 2. The zero-order valence-corrected chi connectivity index (χ0v) is 21.3. The van der Waals surface area contributed by atoms with E-state index in [0.717, 1.165) is 11.3 Å². The van der Waals surface area contributed by atoms with Gasteiger partial charge in [0.1, 0.15) is 5.75 Å². The van der Waals surface area contributed by atoms with Crippen molar-refractivity contribution in [1.29, 1.82) is 0 Å². The first kappa shape index (κ1) is 25.0. The van der Waals surface area contributed by atoms with E-state index in [9.17, 15) is 18.0 Å². The quantitative estimate of drug-likeness (QED) is 0.631. The zero-order chi connectivity index (χ0) is 25.3. The minimum Gasteiger partial charge on any atom is -0.479 e. The Labute approximate surface area is 206 Å². The molecular formula is C25H32N4O5S. The van der Waals surface area contributed by atoms with Gasteiger partial charge in [0.15, 0.2) is 6.10 Å². The Morgan fingerprint density at radius 2 is 1.94 bits per heavy atom. The Hall–Kier alpha value is -3.11. The molecule has 2 aliphatic heterocycles. The number of carbonyl (C=O) groups excluding carboxylic acids is 2. The summed E-state index contributed by atoms with van der Waals surface area (Å²) in [5.74, 6) is -0.518. The number of rotatable bonds is 6. The highest BCUT2D eigenvalue weighted by atomic mass is 32.2. The molecule has 0 radical (unpaired) electrons. The molecule has 0 spiro atoms. The average molecular weight is 501 g/mol. The third-order valence-electron chi connectivity index (χ3n) is 6.50. The Morgan fingerprint density at radius 1 is 1.23 bits per heavy atom. The van der Waals surface area contributed by atoms with Crippen molar-refractivity contribution >= 4 is 33.2 Å². The van der Waals surface area contributed by atoms with E-state index in [2.05, 4.69) is 10.6 Å². The van der Waals surface area contributed by atoms with Gasteiger partial charge in [-0.05, 0) is 56.0 Å². The van der Waals surface area contributed by atoms with E-state index < -0.39 is 22.0 Å². The fourth-order valence-electron chi connectivity index (χ4n) is 4.38. The van der Waals surface area contributed by atoms with E-state index in [4.69, 9.17) is 4.74 Å². The number of ether oxygens (including phenoxy) is 1. The summed E-state index contributed by atoms with van der Waals surface area (Å²) >= 11 is 0. The summed E-state index contributed by atoms with van der Waals surface area (Å²) in [6.07, 6.45) is 0.526. The number of fused-ring (bicyclic) bond motifs is 1. The lowest BCUT2D eigenvalue weighted by Crippen LogP contribution is -2.45. The number of nitrogens with one attached hydrogen (secondary N) is 2. The van der Waals surface area contributed by atoms with E-state index in [-0.39, 0.29) is 23.3 Å². The molecule has 0 saturated carbocycles. The summed E-state index contributed by atoms with van der Waals surface area (Å²) in [4.78, 5) is 26.9. The van der Waals surface area contributed by atoms with Gasteiger partial charge in [0.25, 0.3) is 5.91 Å². The predicted molar refractivity (Wildman–Crippen MR) is 134 cm³/mol. The number of hydrogen-bond donors (Lipinski definition) is 2. The van der Waals surface area contributed by atoms with Gasteiger partial charge >= 0.3 is 0 Å². The Balaban J connectivity index is 1.45. The molecule has 0 unspecified atom stereocenters. The average Bonchev–Trinajstić information content (AvgIpc) is 2.83. The van der Waals surface area contributed by atoms with Crippen LogP contribution in [0.25, 0.3) is 0 Å². The second-order valence-corrected chi connectivity index (χ2v) is 11.3. The van der Waals surface area contributed by atoms with Crippen molar-refractivity contribution in [3.05, 3.63) is 47.5 Å². The molecular weight excluding hydrogens is 468 g/mol. The first-order valence-electron chi connectivity index (χ1n) is 11.7. The highest BCUT2D eigenvalue weighted by Crippen LogP contribution is 2.36. The molecule has 9 nitrogen and oxygen atoms in total. The van der Waals surface area contributed by atoms with Gasteiger partial charge in [-0.25, -0.2) is 8.42 Å². The molecule has 1 fully saturated rings. The molecule has 2 aromatic carbocycles. The lowest BCUT2D eigenvalue weighted by molar-refractivity contribution is -0.126. The van der Waals surface area contributed by atoms with Crippen LogP contribution in [0, 0.1) is 12.8 Å². The molecule has 2 amide bonds. The number of hydrogen-bond acceptors (Lipinski definition) is 6. The van der Waals surface area contributed by atoms with Crippen LogP contribution < -0.4 is 20.3 Å². The van der Waals surface area contributed by atoms with Gasteiger partial charge in [-0.1, -0.05) is 12.1 Å². The topological polar surface area (TPSA) is 108 Å². The van der Waals surface area contributed by atoms with E-state index >= 15 is 0 Å². The second kappa shape index (κ2) is 9.87. The fourth-order valence-corrected chi connectivity index (χ4v) is 6.13. The zero-order valence-electron chi connectivity index (χ0n) is 20.5. The first-order valence-corrected chi connectivity index (χ1v) is 13.2. The molecule has 1 saturated heterocycles. The maximum absolute atomic E-state index is 13.5. The molecule has 0 aliphatic carbocycles. The van der Waals surface area contributed by atoms with Crippen LogP contribution in [-0.2, 0) is 26.2 Å². The van der Waals surface area contributed by atoms with Gasteiger partial charge < -0.3 is 20.3 Å². The molecule has 2 aliphatic rings. The van der Waals surface area contributed by atoms with Crippen molar-refractivity contribution in [2.24, 2.45) is 5.92 Å². The van der Waals surface area contributed by atoms with Crippen LogP contribution in [0.2, 0.25) is 0 Å². The predicted octanol–water partition coefficient (Wildman–Crippen LogP) is 2.50. The van der Waals surface area contributed by atoms with Gasteiger partial charge in [-0.2, -0.15) is 4.31 Å². The minimum absolute atomic E-state index is 0.123. The summed E-state index contributed by atoms with van der Waals surface area (Å²) < 4.78 is 34.0. The third kappa shape index (κ3) is 5.28. The monoisotopic (exact) mass is 500 g/mol. The molecule has 2 aromatic rings. The summed E-state index contributed by atoms with van der Waals surface area (Å²) in [5.41, 5.74) is 3.03. The standard InChI is InChI=1S/C25H32N4O5S/c1-16-12-21-22(34-17(2)24(30)27-21)13-23(16)35(32,33)29-11-5-6-19(15-29)25(31)26-14-18-7-9-20(10-8-18)28(3)4/h7-10,12-13,17,19H,5-6,11,14-15H2,1-4H3,(H,26,31)(H,27,30)/t17-,19-/m1/s1. The summed E-state index contributed by atoms with van der Waals surface area (Å²) in [5, 5.41) is 5.70. The van der Waals surface area contributed by atoms with Crippen LogP contribution in [-0.4, -0.2) is 57.8 Å². The molecule has 188 valence electrons. The highest BCUT2D eigenvalue weighted by Gasteiger charge is 2.35. The van der Waals surface area contributed by atoms with Crippen molar-refractivity contribution in [3.8, 4) is 5.75 Å². The van der Waals surface area contributed by atoms with E-state index in [0.29, 0.717) is 42.9 Å². The third-order valence-corrected chi connectivity index (χ3v) is 8.51. The molecule has 4 rings (SSSR count). The van der Waals surface area contributed by atoms with Gasteiger partial charge in [-0.15, -0.1) is 0 Å². The Bertz CT molecular complexity index is 1230. The Kier molecular flexibility index (Phi) is 7.05. The molecule has 2 atom stereocenters. The summed E-state index contributed by atoms with van der Waals surface area (Å²) in [6.45, 7) is 4.16. The van der Waals surface area contributed by atoms with Crippen LogP contribution in [0.15, 0.2) is 41.3 Å². The number of anilines is 2. The van der Waals surface area contributed by atoms with Crippen molar-refractivity contribution in [3.63, 3.8) is 0 Å². The second-order valence-electron chi connectivity index (χ2n) is 9.34. The van der Waals surface area contributed by atoms with Crippen molar-refractivity contribution in [2.45, 2.75) is 44.2 Å². The molecule has 2 heterocycles. The van der Waals surface area contributed by atoms with Crippen LogP contribution in [0.3, 0.4) is 0 Å². The van der Waals surface area contributed by atoms with Crippen LogP contribution in [0.4, 0.5) is 11.4 Å². The van der Waals surface area contributed by atoms with Gasteiger partial charge in [0, 0.05) is 45.5 Å². The number of aryl methyl sites for hydroxylation is 1. The number of amides is 2. The van der Waals surface area contributed by atoms with Crippen molar-refractivity contribution in [2.75, 3.05) is 37.4 Å². The number of sulfonamides is 1. The van der Waals surface area contributed by atoms with Gasteiger partial charge in [0.2, 0.25) is 15.9 Å². The summed E-state index contributed by atoms with van der Waals surface area (Å²) in [7, 11) is 0.0902. The maximum atomic E-state index is 13.5. The first-order chi connectivity index (χ1) is 16.6. The van der Waals surface area contributed by atoms with Gasteiger partial charge in [0.05, 0.1) is 16.5 Å². The van der Waals surface area contributed by atoms with E-state index in [1.54, 1.807) is 19.9 Å². The normalized spacial score (nSPS) is 20.4. The van der Waals surface area contributed by atoms with E-state index in [1.165, 1.54) is 10.4 Å². The van der Waals surface area contributed by atoms with Crippen molar-refractivity contribution < 1.29 is 22.7 Å². The van der Waals surface area contributed by atoms with Crippen LogP contribution in [0.1, 0.15) is 30.9 Å². The smallest absolute Gasteiger partial charge is 0.265 e. The van der Waals surface area contributed by atoms with Crippen LogP contribution in [0.5, 0.6) is 5.75 Å². The molecule has 10 heteroatoms. The molecule has 0 aromatic heterocycles. The largest absolute Gasteiger partial charge is 0.479 e. The highest BCUT2D eigenvalue weighted by molar-refractivity contribution is 7.89. The summed E-state index contributed by atoms with van der Waals surface area (Å²) in [6, 6.07) is 11.0. The number of benzene rings is 2. The number of piperidine rings is 1. The SMILES string of the molecule is Cc1cc2c(cc1S(=O)(=O)N1CCC[C@@H](C(=O)NCc3ccc(N(C)C)cc3)C1)O[C@H](C)C(=O)N2. The van der Waals surface area contributed by atoms with E-state index in [1.807, 2.05) is 43.3 Å². The lowest BCUT2D eigenvalue weighted by Gasteiger charge is -2.32. The maximum Gasteiger partial charge on any atom is 0.265 e. The fraction of sp³-hybridized carbons (Fsp3) is 0.440. The minimum atomic E-state index is -3.85. The number of carbonyl (C=O) groups is 2.